The number of benzene rings is 1. The Bertz CT molecular complexity index is 927. The average Bonchev–Trinajstić information content (AvgIpc) is 3.14. The molecule has 29 heavy (non-hydrogen) atoms. The van der Waals surface area contributed by atoms with Crippen molar-refractivity contribution in [1.82, 2.24) is 19.5 Å². The Morgan fingerprint density at radius 1 is 1.41 bits per heavy atom. The molecule has 1 aliphatic rings. The van der Waals surface area contributed by atoms with Crippen LogP contribution in [0.5, 0.6) is 0 Å². The van der Waals surface area contributed by atoms with E-state index < -0.39 is 12.1 Å². The fourth-order valence-corrected chi connectivity index (χ4v) is 4.13. The summed E-state index contributed by atoms with van der Waals surface area (Å²) in [5.74, 6) is 0.841. The van der Waals surface area contributed by atoms with Gasteiger partial charge in [-0.05, 0) is 26.0 Å². The number of carboxylic acid groups (broad SMARTS) is 1. The van der Waals surface area contributed by atoms with Crippen molar-refractivity contribution in [2.45, 2.75) is 45.7 Å². The van der Waals surface area contributed by atoms with Crippen LogP contribution in [-0.2, 0) is 11.2 Å². The molecule has 0 fully saturated rings. The number of nitrogens with zero attached hydrogens (tertiary/aromatic N) is 4. The van der Waals surface area contributed by atoms with Crippen LogP contribution in [0.25, 0.3) is 11.4 Å². The minimum absolute atomic E-state index is 0.00811. The van der Waals surface area contributed by atoms with E-state index in [9.17, 15) is 14.7 Å². The molecule has 9 heteroatoms. The molecule has 1 aromatic carbocycles. The molecule has 1 unspecified atom stereocenters. The van der Waals surface area contributed by atoms with E-state index in [0.29, 0.717) is 36.7 Å². The molecule has 0 radical (unpaired) electrons. The van der Waals surface area contributed by atoms with Gasteiger partial charge in [-0.25, -0.2) is 9.28 Å². The van der Waals surface area contributed by atoms with E-state index in [4.69, 9.17) is 10.3 Å². The van der Waals surface area contributed by atoms with Crippen LogP contribution in [0, 0.1) is 0 Å². The van der Waals surface area contributed by atoms with Crippen molar-refractivity contribution in [3.63, 3.8) is 0 Å². The van der Waals surface area contributed by atoms with Gasteiger partial charge in [-0.15, -0.1) is 0 Å². The van der Waals surface area contributed by atoms with Crippen LogP contribution in [0.2, 0.25) is 0 Å². The van der Waals surface area contributed by atoms with Crippen molar-refractivity contribution in [1.29, 1.82) is 0 Å². The van der Waals surface area contributed by atoms with Crippen LogP contribution in [0.1, 0.15) is 44.7 Å². The maximum absolute atomic E-state index is 12.6. The van der Waals surface area contributed by atoms with E-state index in [-0.39, 0.29) is 23.0 Å². The van der Waals surface area contributed by atoms with Gasteiger partial charge in [0.15, 0.2) is 0 Å². The van der Waals surface area contributed by atoms with Gasteiger partial charge in [-0.3, -0.25) is 0 Å². The predicted molar refractivity (Wildman–Crippen MR) is 105 cm³/mol. The SMILES string of the molecule is CCN(C(=O)[O-])[C@@H]1C[C@H](C)[N+](C)(C(C)=O)c2ccc(-c3noc(CCN)n3)cc21. The van der Waals surface area contributed by atoms with Gasteiger partial charge in [-0.1, -0.05) is 5.16 Å². The largest absolute Gasteiger partial charge is 0.530 e. The number of carbonyl (C=O) groups is 2. The first-order valence-electron chi connectivity index (χ1n) is 9.76. The molecule has 2 heterocycles. The standard InChI is InChI=1S/C20H27N5O4/c1-5-24(20(27)28)16-10-12(2)25(4,13(3)26)17-7-6-14(11-15(16)17)19-22-18(8-9-21)29-23-19/h6-7,11-12,16H,5,8-10,21H2,1-4H3/t12-,16+,25?/m0/s1. The zero-order chi connectivity index (χ0) is 21.3. The maximum Gasteiger partial charge on any atom is 0.315 e. The second-order valence-corrected chi connectivity index (χ2v) is 7.57. The van der Waals surface area contributed by atoms with Gasteiger partial charge in [-0.2, -0.15) is 4.98 Å². The average molecular weight is 401 g/mol. The monoisotopic (exact) mass is 401 g/mol. The third kappa shape index (κ3) is 3.51. The Kier molecular flexibility index (Phi) is 5.72. The Hall–Kier alpha value is -2.78. The Morgan fingerprint density at radius 3 is 2.72 bits per heavy atom. The predicted octanol–water partition coefficient (Wildman–Crippen LogP) is 1.22. The fraction of sp³-hybridized carbons (Fsp3) is 0.500. The van der Waals surface area contributed by atoms with Crippen LogP contribution in [0.3, 0.4) is 0 Å². The molecule has 3 rings (SSSR count). The Balaban J connectivity index is 2.16. The highest BCUT2D eigenvalue weighted by Crippen LogP contribution is 2.45. The van der Waals surface area contributed by atoms with Gasteiger partial charge in [0.2, 0.25) is 11.7 Å². The second kappa shape index (κ2) is 7.92. The first-order chi connectivity index (χ1) is 13.7. The molecule has 0 bridgehead atoms. The Morgan fingerprint density at radius 2 is 2.14 bits per heavy atom. The van der Waals surface area contributed by atoms with Crippen molar-refractivity contribution in [3.05, 3.63) is 29.7 Å². The zero-order valence-electron chi connectivity index (χ0n) is 17.2. The number of rotatable bonds is 5. The van der Waals surface area contributed by atoms with Crippen molar-refractivity contribution < 1.29 is 19.2 Å². The van der Waals surface area contributed by atoms with Crippen LogP contribution >= 0.6 is 0 Å². The molecular weight excluding hydrogens is 374 g/mol. The number of hydrogen-bond acceptors (Lipinski definition) is 7. The van der Waals surface area contributed by atoms with E-state index >= 15 is 0 Å². The van der Waals surface area contributed by atoms with Crippen molar-refractivity contribution in [3.8, 4) is 11.4 Å². The summed E-state index contributed by atoms with van der Waals surface area (Å²) in [4.78, 5) is 30.0. The van der Waals surface area contributed by atoms with E-state index in [1.807, 2.05) is 32.2 Å². The third-order valence-electron chi connectivity index (χ3n) is 6.02. The summed E-state index contributed by atoms with van der Waals surface area (Å²) in [5, 5.41) is 15.8. The molecule has 3 atom stereocenters. The molecule has 1 aromatic heterocycles. The van der Waals surface area contributed by atoms with Gasteiger partial charge >= 0.3 is 5.91 Å². The number of aromatic nitrogens is 2. The topological polar surface area (TPSA) is 125 Å². The minimum Gasteiger partial charge on any atom is -0.530 e. The molecule has 2 aromatic rings. The number of amides is 2. The highest BCUT2D eigenvalue weighted by molar-refractivity contribution is 5.89. The molecule has 1 aliphatic heterocycles. The lowest BCUT2D eigenvalue weighted by Crippen LogP contribution is -2.60. The van der Waals surface area contributed by atoms with Crippen molar-refractivity contribution in [2.24, 2.45) is 5.73 Å². The number of nitrogens with two attached hydrogens (primary N) is 1. The van der Waals surface area contributed by atoms with Crippen LogP contribution in [0.4, 0.5) is 10.5 Å². The van der Waals surface area contributed by atoms with E-state index in [2.05, 4.69) is 10.1 Å². The van der Waals surface area contributed by atoms with Crippen molar-refractivity contribution >= 4 is 17.7 Å². The summed E-state index contributed by atoms with van der Waals surface area (Å²) >= 11 is 0. The quantitative estimate of drug-likeness (QED) is 0.747. The van der Waals surface area contributed by atoms with Crippen LogP contribution < -0.4 is 15.3 Å². The molecule has 9 nitrogen and oxygen atoms in total. The van der Waals surface area contributed by atoms with Gasteiger partial charge < -0.3 is 25.1 Å². The summed E-state index contributed by atoms with van der Waals surface area (Å²) in [5.41, 5.74) is 7.76. The summed E-state index contributed by atoms with van der Waals surface area (Å²) in [7, 11) is 1.87. The Labute approximate surface area is 169 Å². The van der Waals surface area contributed by atoms with Gasteiger partial charge in [0.1, 0.15) is 11.8 Å². The van der Waals surface area contributed by atoms with E-state index in [1.165, 1.54) is 4.90 Å². The molecule has 2 amide bonds. The number of quaternary nitrogens is 1. The lowest BCUT2D eigenvalue weighted by molar-refractivity contribution is -0.268. The fourth-order valence-electron chi connectivity index (χ4n) is 4.13. The second-order valence-electron chi connectivity index (χ2n) is 7.57. The number of carbonyl (C=O) groups excluding carboxylic acids is 2. The molecule has 2 N–H and O–H groups in total. The number of fused-ring (bicyclic) bond motifs is 1. The van der Waals surface area contributed by atoms with Gasteiger partial charge in [0, 0.05) is 43.1 Å². The molecular formula is C20H27N5O4. The van der Waals surface area contributed by atoms with E-state index in [1.54, 1.807) is 13.8 Å². The van der Waals surface area contributed by atoms with E-state index in [0.717, 1.165) is 11.3 Å². The minimum atomic E-state index is -1.23. The molecule has 0 saturated heterocycles. The molecule has 0 aliphatic carbocycles. The molecule has 156 valence electrons. The summed E-state index contributed by atoms with van der Waals surface area (Å²) in [6.45, 7) is 5.99. The van der Waals surface area contributed by atoms with Crippen LogP contribution in [-0.4, -0.2) is 53.2 Å². The van der Waals surface area contributed by atoms with Gasteiger partial charge in [0.05, 0.1) is 26.1 Å². The first kappa shape index (κ1) is 20.9. The normalized spacial score (nSPS) is 23.5. The molecule has 0 spiro atoms. The smallest absolute Gasteiger partial charge is 0.315 e. The summed E-state index contributed by atoms with van der Waals surface area (Å²) in [6, 6.07) is 5.03. The highest BCUT2D eigenvalue weighted by atomic mass is 16.5. The zero-order valence-corrected chi connectivity index (χ0v) is 17.2. The van der Waals surface area contributed by atoms with Crippen molar-refractivity contribution in [2.75, 3.05) is 20.1 Å². The first-order valence-corrected chi connectivity index (χ1v) is 9.76. The highest BCUT2D eigenvalue weighted by Gasteiger charge is 2.47. The van der Waals surface area contributed by atoms with Crippen LogP contribution in [0.15, 0.2) is 22.7 Å². The maximum atomic E-state index is 12.6. The third-order valence-corrected chi connectivity index (χ3v) is 6.02. The lowest BCUT2D eigenvalue weighted by Gasteiger charge is -2.46. The van der Waals surface area contributed by atoms with Gasteiger partial charge in [0.25, 0.3) is 0 Å². The lowest BCUT2D eigenvalue weighted by atomic mass is 9.87. The summed E-state index contributed by atoms with van der Waals surface area (Å²) in [6.07, 6.45) is -0.255. The molecule has 0 saturated carbocycles. The summed E-state index contributed by atoms with van der Waals surface area (Å²) < 4.78 is 5.32. The number of hydrogen-bond donors (Lipinski definition) is 1.